The van der Waals surface area contributed by atoms with Crippen LogP contribution in [0.1, 0.15) is 35.7 Å². The Balaban J connectivity index is 1.67. The molecule has 1 atom stereocenters. The average molecular weight is 484 g/mol. The number of carbonyl (C=O) groups excluding carboxylic acids is 1. The summed E-state index contributed by atoms with van der Waals surface area (Å²) in [5.74, 6) is 1.07. The molecular formula is C21H23Cl2N3O2S2. The summed E-state index contributed by atoms with van der Waals surface area (Å²) in [6.07, 6.45) is 0. The molecule has 0 bridgehead atoms. The van der Waals surface area contributed by atoms with Crippen LogP contribution in [0.3, 0.4) is 0 Å². The lowest BCUT2D eigenvalue weighted by atomic mass is 10.2. The SMILES string of the molecule is CCN(Cc1ccc(Cl)c(Cl)c1)C(=O)C(C)SCc1nc2sc(C)c(C)c2c(=O)[nH]1. The van der Waals surface area contributed by atoms with Crippen molar-refractivity contribution in [2.24, 2.45) is 0 Å². The number of benzene rings is 1. The van der Waals surface area contributed by atoms with Gasteiger partial charge in [0.2, 0.25) is 5.91 Å². The zero-order valence-electron chi connectivity index (χ0n) is 17.2. The van der Waals surface area contributed by atoms with Crippen LogP contribution in [0.25, 0.3) is 10.2 Å². The lowest BCUT2D eigenvalue weighted by Crippen LogP contribution is -2.36. The number of hydrogen-bond donors (Lipinski definition) is 1. The summed E-state index contributed by atoms with van der Waals surface area (Å²) in [6.45, 7) is 8.80. The van der Waals surface area contributed by atoms with Gasteiger partial charge in [-0.25, -0.2) is 4.98 Å². The van der Waals surface area contributed by atoms with Gasteiger partial charge in [-0.2, -0.15) is 0 Å². The molecule has 0 spiro atoms. The number of aromatic nitrogens is 2. The highest BCUT2D eigenvalue weighted by molar-refractivity contribution is 7.99. The van der Waals surface area contributed by atoms with Gasteiger partial charge in [-0.3, -0.25) is 9.59 Å². The van der Waals surface area contributed by atoms with E-state index in [4.69, 9.17) is 23.2 Å². The van der Waals surface area contributed by atoms with E-state index in [0.29, 0.717) is 40.1 Å². The van der Waals surface area contributed by atoms with Crippen LogP contribution in [0.4, 0.5) is 0 Å². The summed E-state index contributed by atoms with van der Waals surface area (Å²) >= 11 is 15.0. The van der Waals surface area contributed by atoms with Gasteiger partial charge in [-0.15, -0.1) is 23.1 Å². The normalized spacial score (nSPS) is 12.3. The number of aromatic amines is 1. The largest absolute Gasteiger partial charge is 0.338 e. The summed E-state index contributed by atoms with van der Waals surface area (Å²) in [7, 11) is 0. The summed E-state index contributed by atoms with van der Waals surface area (Å²) in [5, 5.41) is 1.35. The molecule has 0 saturated carbocycles. The number of nitrogens with zero attached hydrogens (tertiary/aromatic N) is 2. The number of hydrogen-bond acceptors (Lipinski definition) is 5. The highest BCUT2D eigenvalue weighted by atomic mass is 35.5. The van der Waals surface area contributed by atoms with Crippen molar-refractivity contribution < 1.29 is 4.79 Å². The number of carbonyl (C=O) groups is 1. The maximum atomic E-state index is 12.9. The third-order valence-electron chi connectivity index (χ3n) is 4.96. The van der Waals surface area contributed by atoms with Gasteiger partial charge in [-0.1, -0.05) is 29.3 Å². The molecule has 0 radical (unpaired) electrons. The molecule has 0 aliphatic rings. The monoisotopic (exact) mass is 483 g/mol. The van der Waals surface area contributed by atoms with Gasteiger partial charge in [0.25, 0.3) is 5.56 Å². The molecule has 1 N–H and O–H groups in total. The van der Waals surface area contributed by atoms with Crippen molar-refractivity contribution in [1.29, 1.82) is 0 Å². The average Bonchev–Trinajstić information content (AvgIpc) is 3.00. The predicted molar refractivity (Wildman–Crippen MR) is 128 cm³/mol. The van der Waals surface area contributed by atoms with Crippen molar-refractivity contribution in [3.8, 4) is 0 Å². The molecule has 3 rings (SSSR count). The molecular weight excluding hydrogens is 461 g/mol. The molecule has 2 aromatic heterocycles. The minimum absolute atomic E-state index is 0.0276. The van der Waals surface area contributed by atoms with E-state index in [1.165, 1.54) is 23.1 Å². The van der Waals surface area contributed by atoms with E-state index in [1.54, 1.807) is 17.0 Å². The van der Waals surface area contributed by atoms with Crippen molar-refractivity contribution in [2.75, 3.05) is 6.54 Å². The van der Waals surface area contributed by atoms with Crippen LogP contribution in [0, 0.1) is 13.8 Å². The number of thiophene rings is 1. The Kier molecular flexibility index (Phi) is 7.50. The van der Waals surface area contributed by atoms with Gasteiger partial charge < -0.3 is 9.88 Å². The molecule has 0 saturated heterocycles. The second-order valence-corrected chi connectivity index (χ2v) is 10.4. The van der Waals surface area contributed by atoms with E-state index in [9.17, 15) is 9.59 Å². The fourth-order valence-electron chi connectivity index (χ4n) is 3.10. The van der Waals surface area contributed by atoms with Crippen LogP contribution in [-0.2, 0) is 17.1 Å². The number of H-pyrrole nitrogens is 1. The summed E-state index contributed by atoms with van der Waals surface area (Å²) < 4.78 is 0. The molecule has 30 heavy (non-hydrogen) atoms. The Bertz CT molecular complexity index is 1140. The maximum absolute atomic E-state index is 12.9. The number of rotatable bonds is 7. The number of fused-ring (bicyclic) bond motifs is 1. The van der Waals surface area contributed by atoms with Crippen LogP contribution >= 0.6 is 46.3 Å². The second-order valence-electron chi connectivity index (χ2n) is 7.03. The van der Waals surface area contributed by atoms with Gasteiger partial charge in [0.1, 0.15) is 10.7 Å². The molecule has 1 aromatic carbocycles. The molecule has 1 amide bonds. The van der Waals surface area contributed by atoms with E-state index in [2.05, 4.69) is 9.97 Å². The van der Waals surface area contributed by atoms with Crippen LogP contribution < -0.4 is 5.56 Å². The van der Waals surface area contributed by atoms with Crippen molar-refractivity contribution in [1.82, 2.24) is 14.9 Å². The highest BCUT2D eigenvalue weighted by Gasteiger charge is 2.21. The first kappa shape index (κ1) is 23.1. The van der Waals surface area contributed by atoms with E-state index in [0.717, 1.165) is 20.8 Å². The molecule has 9 heteroatoms. The highest BCUT2D eigenvalue weighted by Crippen LogP contribution is 2.27. The quantitative estimate of drug-likeness (QED) is 0.476. The van der Waals surface area contributed by atoms with Crippen molar-refractivity contribution in [3.05, 3.63) is 60.4 Å². The van der Waals surface area contributed by atoms with Crippen LogP contribution in [-0.4, -0.2) is 32.6 Å². The van der Waals surface area contributed by atoms with Crippen LogP contribution in [0.2, 0.25) is 10.0 Å². The van der Waals surface area contributed by atoms with E-state index >= 15 is 0 Å². The number of thioether (sulfide) groups is 1. The Morgan fingerprint density at radius 3 is 2.70 bits per heavy atom. The Morgan fingerprint density at radius 2 is 2.03 bits per heavy atom. The van der Waals surface area contributed by atoms with Gasteiger partial charge in [0, 0.05) is 18.0 Å². The van der Waals surface area contributed by atoms with Crippen LogP contribution in [0.15, 0.2) is 23.0 Å². The van der Waals surface area contributed by atoms with E-state index in [1.807, 2.05) is 33.8 Å². The standard InChI is InChI=1S/C21H23Cl2N3O2S2/c1-5-26(9-14-6-7-15(22)16(23)8-14)21(28)13(4)29-10-17-24-19(27)18-11(2)12(3)30-20(18)25-17/h6-8,13H,5,9-10H2,1-4H3,(H,24,25,27). The van der Waals surface area contributed by atoms with Gasteiger partial charge >= 0.3 is 0 Å². The molecule has 1 unspecified atom stereocenters. The predicted octanol–water partition coefficient (Wildman–Crippen LogP) is 5.58. The van der Waals surface area contributed by atoms with E-state index < -0.39 is 0 Å². The molecule has 3 aromatic rings. The smallest absolute Gasteiger partial charge is 0.259 e. The third-order valence-corrected chi connectivity index (χ3v) is 7.94. The third kappa shape index (κ3) is 5.02. The summed E-state index contributed by atoms with van der Waals surface area (Å²) in [5.41, 5.74) is 1.79. The number of halogens is 2. The maximum Gasteiger partial charge on any atom is 0.259 e. The van der Waals surface area contributed by atoms with Crippen molar-refractivity contribution in [2.45, 2.75) is 45.2 Å². The molecule has 160 valence electrons. The lowest BCUT2D eigenvalue weighted by molar-refractivity contribution is -0.130. The second kappa shape index (κ2) is 9.73. The van der Waals surface area contributed by atoms with Gasteiger partial charge in [0.05, 0.1) is 26.4 Å². The minimum Gasteiger partial charge on any atom is -0.338 e. The molecule has 0 fully saturated rings. The van der Waals surface area contributed by atoms with Crippen LogP contribution in [0.5, 0.6) is 0 Å². The summed E-state index contributed by atoms with van der Waals surface area (Å²) in [4.78, 5) is 36.4. The number of nitrogens with one attached hydrogen (secondary N) is 1. The van der Waals surface area contributed by atoms with Gasteiger partial charge in [-0.05, 0) is 51.0 Å². The van der Waals surface area contributed by atoms with Crippen molar-refractivity contribution >= 4 is 62.4 Å². The van der Waals surface area contributed by atoms with E-state index in [-0.39, 0.29) is 16.7 Å². The topological polar surface area (TPSA) is 66.1 Å². The van der Waals surface area contributed by atoms with Crippen molar-refractivity contribution in [3.63, 3.8) is 0 Å². The number of aryl methyl sites for hydroxylation is 2. The summed E-state index contributed by atoms with van der Waals surface area (Å²) in [6, 6.07) is 5.39. The fraction of sp³-hybridized carbons (Fsp3) is 0.381. The Morgan fingerprint density at radius 1 is 1.30 bits per heavy atom. The van der Waals surface area contributed by atoms with Gasteiger partial charge in [0.15, 0.2) is 0 Å². The minimum atomic E-state index is -0.277. The fourth-order valence-corrected chi connectivity index (χ4v) is 5.31. The molecule has 5 nitrogen and oxygen atoms in total. The first-order chi connectivity index (χ1) is 14.2. The lowest BCUT2D eigenvalue weighted by Gasteiger charge is -2.24. The first-order valence-electron chi connectivity index (χ1n) is 9.54. The number of amides is 1. The zero-order valence-corrected chi connectivity index (χ0v) is 20.4. The Hall–Kier alpha value is -1.54. The zero-order chi connectivity index (χ0) is 22.0. The Labute approximate surface area is 193 Å². The molecule has 2 heterocycles. The first-order valence-corrected chi connectivity index (χ1v) is 12.2. The molecule has 0 aliphatic heterocycles. The molecule has 0 aliphatic carbocycles.